The first-order valence-corrected chi connectivity index (χ1v) is 10.1. The second-order valence-electron chi connectivity index (χ2n) is 6.16. The molecule has 0 saturated heterocycles. The van der Waals surface area contributed by atoms with Gasteiger partial charge in [-0.1, -0.05) is 18.2 Å². The molecule has 7 nitrogen and oxygen atoms in total. The Labute approximate surface area is 152 Å². The van der Waals surface area contributed by atoms with Crippen LogP contribution in [0.3, 0.4) is 0 Å². The number of benzene rings is 1. The normalized spacial score (nSPS) is 19.2. The molecule has 1 fully saturated rings. The minimum Gasteiger partial charge on any atom is -0.465 e. The Morgan fingerprint density at radius 3 is 2.12 bits per heavy atom. The van der Waals surface area contributed by atoms with Gasteiger partial charge in [0.15, 0.2) is 15.3 Å². The van der Waals surface area contributed by atoms with Crippen LogP contribution in [0, 0.1) is 11.3 Å². The smallest absolute Gasteiger partial charge is 0.323 e. The summed E-state index contributed by atoms with van der Waals surface area (Å²) in [5, 5.41) is 0. The van der Waals surface area contributed by atoms with Gasteiger partial charge >= 0.3 is 11.9 Å². The first-order valence-electron chi connectivity index (χ1n) is 8.41. The van der Waals surface area contributed by atoms with Crippen molar-refractivity contribution in [3.8, 4) is 0 Å². The van der Waals surface area contributed by atoms with E-state index in [9.17, 15) is 22.8 Å². The van der Waals surface area contributed by atoms with Crippen LogP contribution < -0.4 is 0 Å². The third-order valence-corrected chi connectivity index (χ3v) is 6.21. The first-order chi connectivity index (χ1) is 12.3. The Morgan fingerprint density at radius 2 is 1.62 bits per heavy atom. The van der Waals surface area contributed by atoms with Gasteiger partial charge in [-0.2, -0.15) is 0 Å². The van der Waals surface area contributed by atoms with Crippen molar-refractivity contribution in [2.45, 2.75) is 31.6 Å². The van der Waals surface area contributed by atoms with E-state index in [0.29, 0.717) is 0 Å². The quantitative estimate of drug-likeness (QED) is 0.520. The molecule has 26 heavy (non-hydrogen) atoms. The maximum atomic E-state index is 12.6. The molecule has 0 heterocycles. The number of sulfone groups is 1. The summed E-state index contributed by atoms with van der Waals surface area (Å²) in [6.07, 6.45) is -0.630. The topological polar surface area (TPSA) is 104 Å². The standard InChI is InChI=1S/C18H22O7S/c1-3-24-16(20)18(17(21)25-4-2)10-13(15(19)11-18)12-26(22,23)14-8-6-5-7-9-14/h5-9,13H,3-4,10-12H2,1-2H3. The SMILES string of the molecule is CCOC(=O)C1(C(=O)OCC)CC(=O)C(CS(=O)(=O)c2ccccc2)C1. The number of carbonyl (C=O) groups is 3. The van der Waals surface area contributed by atoms with Gasteiger partial charge in [0.1, 0.15) is 5.78 Å². The number of ether oxygens (including phenoxy) is 2. The minimum absolute atomic E-state index is 0.0428. The summed E-state index contributed by atoms with van der Waals surface area (Å²) in [7, 11) is -3.73. The van der Waals surface area contributed by atoms with Crippen molar-refractivity contribution < 1.29 is 32.3 Å². The lowest BCUT2D eigenvalue weighted by molar-refractivity contribution is -0.172. The summed E-state index contributed by atoms with van der Waals surface area (Å²) in [6, 6.07) is 7.75. The molecule has 0 radical (unpaired) electrons. The van der Waals surface area contributed by atoms with Crippen LogP contribution in [0.5, 0.6) is 0 Å². The Hall–Kier alpha value is -2.22. The predicted molar refractivity (Wildman–Crippen MR) is 91.9 cm³/mol. The number of hydrogen-bond acceptors (Lipinski definition) is 7. The van der Waals surface area contributed by atoms with Gasteiger partial charge in [0, 0.05) is 12.3 Å². The van der Waals surface area contributed by atoms with E-state index in [0.717, 1.165) is 0 Å². The molecule has 1 aliphatic rings. The molecule has 2 rings (SSSR count). The molecule has 1 saturated carbocycles. The molecule has 8 heteroatoms. The van der Waals surface area contributed by atoms with E-state index in [1.807, 2.05) is 0 Å². The van der Waals surface area contributed by atoms with Crippen molar-refractivity contribution in [1.29, 1.82) is 0 Å². The summed E-state index contributed by atoms with van der Waals surface area (Å²) in [5.74, 6) is -3.56. The molecule has 1 atom stereocenters. The van der Waals surface area contributed by atoms with E-state index < -0.39 is 51.1 Å². The van der Waals surface area contributed by atoms with E-state index in [4.69, 9.17) is 9.47 Å². The van der Waals surface area contributed by atoms with Gasteiger partial charge in [-0.15, -0.1) is 0 Å². The Balaban J connectivity index is 2.29. The zero-order valence-corrected chi connectivity index (χ0v) is 15.6. The fourth-order valence-electron chi connectivity index (χ4n) is 3.12. The molecule has 0 bridgehead atoms. The summed E-state index contributed by atoms with van der Waals surface area (Å²) in [5.41, 5.74) is -1.76. The minimum atomic E-state index is -3.73. The van der Waals surface area contributed by atoms with Gasteiger partial charge in [-0.3, -0.25) is 14.4 Å². The van der Waals surface area contributed by atoms with E-state index >= 15 is 0 Å². The lowest BCUT2D eigenvalue weighted by Crippen LogP contribution is -2.40. The van der Waals surface area contributed by atoms with Crippen LogP contribution in [0.1, 0.15) is 26.7 Å². The summed E-state index contributed by atoms with van der Waals surface area (Å²) in [4.78, 5) is 37.3. The Kier molecular flexibility index (Phi) is 6.17. The van der Waals surface area contributed by atoms with Crippen molar-refractivity contribution in [3.05, 3.63) is 30.3 Å². The molecule has 0 aromatic heterocycles. The van der Waals surface area contributed by atoms with Crippen molar-refractivity contribution in [2.75, 3.05) is 19.0 Å². The van der Waals surface area contributed by atoms with Crippen LogP contribution in [0.15, 0.2) is 35.2 Å². The summed E-state index contributed by atoms with van der Waals surface area (Å²) < 4.78 is 35.0. The molecule has 142 valence electrons. The number of Topliss-reactive ketones (excluding diaryl/α,β-unsaturated/α-hetero) is 1. The molecule has 1 aliphatic carbocycles. The predicted octanol–water partition coefficient (Wildman–Crippen LogP) is 1.55. The lowest BCUT2D eigenvalue weighted by atomic mass is 9.85. The molecule has 0 N–H and O–H groups in total. The zero-order valence-electron chi connectivity index (χ0n) is 14.8. The fraction of sp³-hybridized carbons (Fsp3) is 0.500. The van der Waals surface area contributed by atoms with E-state index in [-0.39, 0.29) is 24.5 Å². The van der Waals surface area contributed by atoms with Crippen LogP contribution in [0.2, 0.25) is 0 Å². The van der Waals surface area contributed by atoms with Crippen LogP contribution in [-0.4, -0.2) is 45.1 Å². The second-order valence-corrected chi connectivity index (χ2v) is 8.20. The number of rotatable bonds is 7. The average molecular weight is 382 g/mol. The van der Waals surface area contributed by atoms with Crippen LogP contribution in [0.4, 0.5) is 0 Å². The van der Waals surface area contributed by atoms with Crippen molar-refractivity contribution in [2.24, 2.45) is 11.3 Å². The van der Waals surface area contributed by atoms with Crippen LogP contribution >= 0.6 is 0 Å². The molecule has 1 aromatic carbocycles. The largest absolute Gasteiger partial charge is 0.465 e. The van der Waals surface area contributed by atoms with Crippen LogP contribution in [-0.2, 0) is 33.7 Å². The number of carbonyl (C=O) groups excluding carboxylic acids is 3. The molecule has 1 unspecified atom stereocenters. The van der Waals surface area contributed by atoms with Gasteiger partial charge in [0.05, 0.1) is 23.9 Å². The Morgan fingerprint density at radius 1 is 1.08 bits per heavy atom. The maximum absolute atomic E-state index is 12.6. The van der Waals surface area contributed by atoms with Crippen molar-refractivity contribution >= 4 is 27.6 Å². The van der Waals surface area contributed by atoms with Crippen LogP contribution in [0.25, 0.3) is 0 Å². The van der Waals surface area contributed by atoms with E-state index in [1.165, 1.54) is 12.1 Å². The average Bonchev–Trinajstić information content (AvgIpc) is 2.93. The van der Waals surface area contributed by atoms with E-state index in [2.05, 4.69) is 0 Å². The number of esters is 2. The van der Waals surface area contributed by atoms with Gasteiger partial charge < -0.3 is 9.47 Å². The van der Waals surface area contributed by atoms with E-state index in [1.54, 1.807) is 32.0 Å². The second kappa shape index (κ2) is 7.99. The first kappa shape index (κ1) is 20.1. The monoisotopic (exact) mass is 382 g/mol. The zero-order chi connectivity index (χ0) is 19.4. The molecule has 0 amide bonds. The highest BCUT2D eigenvalue weighted by atomic mass is 32.2. The third kappa shape index (κ3) is 3.95. The van der Waals surface area contributed by atoms with Gasteiger partial charge in [-0.05, 0) is 32.4 Å². The lowest BCUT2D eigenvalue weighted by Gasteiger charge is -2.23. The van der Waals surface area contributed by atoms with Gasteiger partial charge in [0.2, 0.25) is 0 Å². The Bertz CT molecular complexity index is 765. The van der Waals surface area contributed by atoms with Crippen molar-refractivity contribution in [1.82, 2.24) is 0 Å². The highest BCUT2D eigenvalue weighted by Gasteiger charge is 2.58. The molecule has 1 aromatic rings. The van der Waals surface area contributed by atoms with Crippen molar-refractivity contribution in [3.63, 3.8) is 0 Å². The molecule has 0 spiro atoms. The molecule has 0 aliphatic heterocycles. The highest BCUT2D eigenvalue weighted by molar-refractivity contribution is 7.91. The number of ketones is 1. The molecular formula is C18H22O7S. The summed E-state index contributed by atoms with van der Waals surface area (Å²) >= 11 is 0. The highest BCUT2D eigenvalue weighted by Crippen LogP contribution is 2.43. The third-order valence-electron chi connectivity index (χ3n) is 4.38. The molecular weight excluding hydrogens is 360 g/mol. The summed E-state index contributed by atoms with van der Waals surface area (Å²) in [6.45, 7) is 3.26. The van der Waals surface area contributed by atoms with Gasteiger partial charge in [-0.25, -0.2) is 8.42 Å². The number of hydrogen-bond donors (Lipinski definition) is 0. The fourth-order valence-corrected chi connectivity index (χ4v) is 4.72. The van der Waals surface area contributed by atoms with Gasteiger partial charge in [0.25, 0.3) is 0 Å². The maximum Gasteiger partial charge on any atom is 0.323 e.